The predicted octanol–water partition coefficient (Wildman–Crippen LogP) is 1.13. The molecule has 1 aliphatic carbocycles. The molecule has 1 saturated carbocycles. The Hall–Kier alpha value is -2.52. The van der Waals surface area contributed by atoms with Gasteiger partial charge in [0.25, 0.3) is 6.47 Å². The van der Waals surface area contributed by atoms with E-state index < -0.39 is 11.5 Å². The highest BCUT2D eigenvalue weighted by atomic mass is 19.1. The molecule has 1 aliphatic heterocycles. The molecule has 166 valence electrons. The molecule has 1 saturated heterocycles. The van der Waals surface area contributed by atoms with Crippen LogP contribution < -0.4 is 10.6 Å². The summed E-state index contributed by atoms with van der Waals surface area (Å²) in [4.78, 5) is 33.1. The Bertz CT molecular complexity index is 768. The monoisotopic (exact) mass is 424 g/mol. The molecule has 8 nitrogen and oxygen atoms in total. The van der Waals surface area contributed by atoms with E-state index in [2.05, 4.69) is 10.6 Å². The molecule has 0 unspecified atom stereocenters. The van der Waals surface area contributed by atoms with Crippen LogP contribution in [0.2, 0.25) is 0 Å². The minimum Gasteiger partial charge on any atom is -0.483 e. The highest BCUT2D eigenvalue weighted by Gasteiger charge is 2.43. The molecule has 0 radical (unpaired) electrons. The minimum atomic E-state index is -0.765. The Morgan fingerprint density at radius 2 is 2.00 bits per heavy atom. The minimum absolute atomic E-state index is 0.109. The Morgan fingerprint density at radius 1 is 1.33 bits per heavy atom. The van der Waals surface area contributed by atoms with Crippen molar-refractivity contribution in [3.8, 4) is 0 Å². The number of nitrogens with one attached hydrogen (secondary N) is 2. The Morgan fingerprint density at radius 3 is 2.57 bits per heavy atom. The van der Waals surface area contributed by atoms with Crippen LogP contribution in [-0.4, -0.2) is 53.9 Å². The van der Waals surface area contributed by atoms with Gasteiger partial charge in [-0.15, -0.1) is 0 Å². The van der Waals surface area contributed by atoms with Crippen molar-refractivity contribution in [1.82, 2.24) is 10.6 Å². The van der Waals surface area contributed by atoms with Gasteiger partial charge in [0.1, 0.15) is 5.82 Å². The van der Waals surface area contributed by atoms with Crippen molar-refractivity contribution in [2.24, 2.45) is 11.3 Å². The normalized spacial score (nSPS) is 24.5. The van der Waals surface area contributed by atoms with Crippen molar-refractivity contribution >= 4 is 18.3 Å². The second kappa shape index (κ2) is 10.5. The summed E-state index contributed by atoms with van der Waals surface area (Å²) in [5.74, 6) is -0.907. The number of carbonyl (C=O) groups is 3. The first kappa shape index (κ1) is 23.8. The second-order valence-electron chi connectivity index (χ2n) is 8.10. The molecule has 30 heavy (non-hydrogen) atoms. The van der Waals surface area contributed by atoms with Crippen LogP contribution in [0.1, 0.15) is 37.3 Å². The largest absolute Gasteiger partial charge is 0.483 e. The van der Waals surface area contributed by atoms with E-state index >= 15 is 0 Å². The molecule has 9 heteroatoms. The van der Waals surface area contributed by atoms with Crippen LogP contribution in [0.15, 0.2) is 18.2 Å². The second-order valence-corrected chi connectivity index (χ2v) is 8.10. The van der Waals surface area contributed by atoms with Gasteiger partial charge in [-0.05, 0) is 56.4 Å². The SMILES string of the molecule is Cc1ccc(F)cc1CNC(=O)[C@H]1CC[C@H](NC(=O)C2(C)COC2)[C@@H](O)C1.O=CO. The summed E-state index contributed by atoms with van der Waals surface area (Å²) < 4.78 is 18.5. The van der Waals surface area contributed by atoms with E-state index in [4.69, 9.17) is 14.6 Å². The van der Waals surface area contributed by atoms with Crippen LogP contribution in [0, 0.1) is 24.1 Å². The number of benzene rings is 1. The quantitative estimate of drug-likeness (QED) is 0.525. The van der Waals surface area contributed by atoms with Gasteiger partial charge in [0.2, 0.25) is 11.8 Å². The van der Waals surface area contributed by atoms with Gasteiger partial charge in [0.15, 0.2) is 0 Å². The molecule has 2 amide bonds. The topological polar surface area (TPSA) is 125 Å². The van der Waals surface area contributed by atoms with E-state index in [1.807, 2.05) is 13.8 Å². The molecule has 0 aromatic heterocycles. The van der Waals surface area contributed by atoms with E-state index in [0.717, 1.165) is 11.1 Å². The maximum atomic E-state index is 13.4. The van der Waals surface area contributed by atoms with E-state index in [9.17, 15) is 19.1 Å². The predicted molar refractivity (Wildman–Crippen MR) is 106 cm³/mol. The maximum absolute atomic E-state index is 13.4. The Balaban J connectivity index is 0.00000101. The van der Waals surface area contributed by atoms with Crippen LogP contribution in [0.5, 0.6) is 0 Å². The van der Waals surface area contributed by atoms with Gasteiger partial charge in [0.05, 0.1) is 30.8 Å². The smallest absolute Gasteiger partial charge is 0.290 e. The van der Waals surface area contributed by atoms with E-state index in [1.54, 1.807) is 6.07 Å². The summed E-state index contributed by atoms with van der Waals surface area (Å²) in [6, 6.07) is 4.15. The summed E-state index contributed by atoms with van der Waals surface area (Å²) >= 11 is 0. The lowest BCUT2D eigenvalue weighted by Crippen LogP contribution is -2.57. The van der Waals surface area contributed by atoms with Crippen LogP contribution in [0.25, 0.3) is 0 Å². The lowest BCUT2D eigenvalue weighted by atomic mass is 9.81. The third-order valence-electron chi connectivity index (χ3n) is 5.66. The number of halogens is 1. The number of aryl methyl sites for hydroxylation is 1. The lowest BCUT2D eigenvalue weighted by Gasteiger charge is -2.39. The lowest BCUT2D eigenvalue weighted by molar-refractivity contribution is -0.159. The van der Waals surface area contributed by atoms with Crippen LogP contribution in [0.3, 0.4) is 0 Å². The van der Waals surface area contributed by atoms with Crippen molar-refractivity contribution in [3.63, 3.8) is 0 Å². The number of hydrogen-bond acceptors (Lipinski definition) is 5. The fourth-order valence-corrected chi connectivity index (χ4v) is 3.59. The zero-order valence-electron chi connectivity index (χ0n) is 17.2. The summed E-state index contributed by atoms with van der Waals surface area (Å²) in [5.41, 5.74) is 1.13. The average molecular weight is 424 g/mol. The summed E-state index contributed by atoms with van der Waals surface area (Å²) in [6.07, 6.45) is 0.662. The number of ether oxygens (including phenoxy) is 1. The molecule has 1 heterocycles. The number of aliphatic hydroxyl groups is 1. The van der Waals surface area contributed by atoms with Crippen molar-refractivity contribution in [1.29, 1.82) is 0 Å². The maximum Gasteiger partial charge on any atom is 0.290 e. The third kappa shape index (κ3) is 5.99. The van der Waals surface area contributed by atoms with Gasteiger partial charge in [-0.3, -0.25) is 14.4 Å². The molecule has 1 aromatic rings. The average Bonchev–Trinajstić information content (AvgIpc) is 2.68. The molecule has 0 spiro atoms. The first-order valence-electron chi connectivity index (χ1n) is 9.87. The first-order chi connectivity index (χ1) is 14.2. The van der Waals surface area contributed by atoms with Gasteiger partial charge < -0.3 is 25.6 Å². The van der Waals surface area contributed by atoms with Crippen LogP contribution in [-0.2, 0) is 25.7 Å². The fourth-order valence-electron chi connectivity index (χ4n) is 3.59. The fraction of sp³-hybridized carbons (Fsp3) is 0.571. The van der Waals surface area contributed by atoms with Crippen molar-refractivity contribution in [3.05, 3.63) is 35.1 Å². The molecule has 4 N–H and O–H groups in total. The van der Waals surface area contributed by atoms with Gasteiger partial charge >= 0.3 is 0 Å². The number of carboxylic acid groups (broad SMARTS) is 1. The van der Waals surface area contributed by atoms with E-state index in [-0.39, 0.29) is 42.6 Å². The standard InChI is InChI=1S/C20H27FN2O4.CH2O2/c1-12-3-5-15(21)7-14(12)9-22-18(25)13-4-6-16(17(24)8-13)23-19(26)20(2)10-27-11-20;2-1-3/h3,5,7,13,16-17,24H,4,6,8-11H2,1-2H3,(H,22,25)(H,23,26);1H,(H,2,3)/t13-,16-,17-;/m0./s1. The van der Waals surface area contributed by atoms with Crippen LogP contribution >= 0.6 is 0 Å². The van der Waals surface area contributed by atoms with E-state index in [1.165, 1.54) is 12.1 Å². The number of carbonyl (C=O) groups excluding carboxylic acids is 2. The molecule has 3 atom stereocenters. The summed E-state index contributed by atoms with van der Waals surface area (Å²) in [6.45, 7) is 4.50. The molecule has 0 bridgehead atoms. The first-order valence-corrected chi connectivity index (χ1v) is 9.87. The highest BCUT2D eigenvalue weighted by Crippen LogP contribution is 2.29. The molecular weight excluding hydrogens is 395 g/mol. The van der Waals surface area contributed by atoms with Gasteiger partial charge in [-0.2, -0.15) is 0 Å². The molecule has 1 aromatic carbocycles. The number of amides is 2. The third-order valence-corrected chi connectivity index (χ3v) is 5.66. The zero-order chi connectivity index (χ0) is 22.3. The van der Waals surface area contributed by atoms with Crippen molar-refractivity contribution < 1.29 is 33.7 Å². The number of hydrogen-bond donors (Lipinski definition) is 4. The Labute approximate surface area is 174 Å². The van der Waals surface area contributed by atoms with Gasteiger partial charge in [0, 0.05) is 12.5 Å². The molecule has 3 rings (SSSR count). The molecule has 2 fully saturated rings. The summed E-state index contributed by atoms with van der Waals surface area (Å²) in [7, 11) is 0. The molecular formula is C21H29FN2O6. The van der Waals surface area contributed by atoms with E-state index in [0.29, 0.717) is 32.5 Å². The zero-order valence-corrected chi connectivity index (χ0v) is 17.2. The number of aliphatic hydroxyl groups excluding tert-OH is 1. The molecule has 2 aliphatic rings. The van der Waals surface area contributed by atoms with Crippen molar-refractivity contribution in [2.75, 3.05) is 13.2 Å². The summed E-state index contributed by atoms with van der Waals surface area (Å²) in [5, 5.41) is 23.0. The number of rotatable bonds is 5. The van der Waals surface area contributed by atoms with Gasteiger partial charge in [-0.1, -0.05) is 6.07 Å². The highest BCUT2D eigenvalue weighted by molar-refractivity contribution is 5.83. The Kier molecular flexibility index (Phi) is 8.31. The van der Waals surface area contributed by atoms with Crippen molar-refractivity contribution in [2.45, 2.75) is 51.8 Å². The van der Waals surface area contributed by atoms with Crippen LogP contribution in [0.4, 0.5) is 4.39 Å². The van der Waals surface area contributed by atoms with Gasteiger partial charge in [-0.25, -0.2) is 4.39 Å².